The first-order valence-corrected chi connectivity index (χ1v) is 6.51. The normalized spacial score (nSPS) is 10.6. The van der Waals surface area contributed by atoms with Gasteiger partial charge in [0, 0.05) is 18.3 Å². The SMILES string of the molecule is CCOc1cc(F)ccc1NC(=O)/C=C/c1ccccn1. The summed E-state index contributed by atoms with van der Waals surface area (Å²) in [5, 5.41) is 2.65. The number of rotatable bonds is 5. The molecule has 0 saturated carbocycles. The molecule has 4 nitrogen and oxygen atoms in total. The number of nitrogens with one attached hydrogen (secondary N) is 1. The van der Waals surface area contributed by atoms with Gasteiger partial charge in [0.1, 0.15) is 11.6 Å². The van der Waals surface area contributed by atoms with E-state index in [2.05, 4.69) is 10.3 Å². The van der Waals surface area contributed by atoms with Crippen molar-refractivity contribution in [2.24, 2.45) is 0 Å². The Morgan fingerprint density at radius 2 is 2.24 bits per heavy atom. The average Bonchev–Trinajstić information content (AvgIpc) is 2.49. The molecule has 0 spiro atoms. The van der Waals surface area contributed by atoms with Crippen LogP contribution in [0.5, 0.6) is 5.75 Å². The van der Waals surface area contributed by atoms with Gasteiger partial charge in [-0.15, -0.1) is 0 Å². The molecule has 1 aromatic carbocycles. The number of carbonyl (C=O) groups is 1. The predicted octanol–water partition coefficient (Wildman–Crippen LogP) is 3.27. The van der Waals surface area contributed by atoms with Gasteiger partial charge in [0.2, 0.25) is 5.91 Å². The number of halogens is 1. The third-order valence-electron chi connectivity index (χ3n) is 2.59. The predicted molar refractivity (Wildman–Crippen MR) is 79.5 cm³/mol. The highest BCUT2D eigenvalue weighted by molar-refractivity contribution is 6.02. The van der Waals surface area contributed by atoms with E-state index in [1.165, 1.54) is 24.3 Å². The van der Waals surface area contributed by atoms with E-state index in [0.29, 0.717) is 23.7 Å². The van der Waals surface area contributed by atoms with Gasteiger partial charge in [-0.3, -0.25) is 9.78 Å². The van der Waals surface area contributed by atoms with Crippen LogP contribution in [0.25, 0.3) is 6.08 Å². The molecule has 0 aliphatic heterocycles. The summed E-state index contributed by atoms with van der Waals surface area (Å²) in [6.07, 6.45) is 4.60. The molecule has 2 rings (SSSR count). The summed E-state index contributed by atoms with van der Waals surface area (Å²) >= 11 is 0. The van der Waals surface area contributed by atoms with Gasteiger partial charge in [-0.1, -0.05) is 6.07 Å². The monoisotopic (exact) mass is 286 g/mol. The highest BCUT2D eigenvalue weighted by atomic mass is 19.1. The molecule has 0 radical (unpaired) electrons. The maximum Gasteiger partial charge on any atom is 0.248 e. The fourth-order valence-corrected chi connectivity index (χ4v) is 1.68. The molecule has 2 aromatic rings. The van der Waals surface area contributed by atoms with Gasteiger partial charge in [0.15, 0.2) is 0 Å². The lowest BCUT2D eigenvalue weighted by Crippen LogP contribution is -2.09. The lowest BCUT2D eigenvalue weighted by molar-refractivity contribution is -0.111. The fraction of sp³-hybridized carbons (Fsp3) is 0.125. The number of aromatic nitrogens is 1. The van der Waals surface area contributed by atoms with Gasteiger partial charge in [-0.2, -0.15) is 0 Å². The Labute approximate surface area is 122 Å². The van der Waals surface area contributed by atoms with Crippen molar-refractivity contribution in [3.63, 3.8) is 0 Å². The minimum atomic E-state index is -0.416. The number of pyridine rings is 1. The van der Waals surface area contributed by atoms with Crippen LogP contribution in [0.3, 0.4) is 0 Å². The molecular formula is C16H15FN2O2. The quantitative estimate of drug-likeness (QED) is 0.858. The number of benzene rings is 1. The summed E-state index contributed by atoms with van der Waals surface area (Å²) in [7, 11) is 0. The van der Waals surface area contributed by atoms with Crippen LogP contribution in [0, 0.1) is 5.82 Å². The zero-order valence-corrected chi connectivity index (χ0v) is 11.5. The second-order valence-corrected chi connectivity index (χ2v) is 4.15. The largest absolute Gasteiger partial charge is 0.492 e. The fourth-order valence-electron chi connectivity index (χ4n) is 1.68. The molecule has 0 aliphatic rings. The number of anilines is 1. The van der Waals surface area contributed by atoms with Crippen molar-refractivity contribution < 1.29 is 13.9 Å². The number of ether oxygens (including phenoxy) is 1. The summed E-state index contributed by atoms with van der Waals surface area (Å²) < 4.78 is 18.5. The molecule has 1 amide bonds. The van der Waals surface area contributed by atoms with Gasteiger partial charge in [-0.05, 0) is 37.3 Å². The van der Waals surface area contributed by atoms with E-state index < -0.39 is 5.82 Å². The Morgan fingerprint density at radius 1 is 1.38 bits per heavy atom. The van der Waals surface area contributed by atoms with E-state index in [1.807, 2.05) is 6.07 Å². The average molecular weight is 286 g/mol. The zero-order chi connectivity index (χ0) is 15.1. The molecule has 0 bridgehead atoms. The Hall–Kier alpha value is -2.69. The lowest BCUT2D eigenvalue weighted by Gasteiger charge is -2.10. The molecule has 1 heterocycles. The molecule has 5 heteroatoms. The molecule has 1 N–H and O–H groups in total. The third kappa shape index (κ3) is 4.42. The van der Waals surface area contributed by atoms with Crippen molar-refractivity contribution in [3.05, 3.63) is 60.2 Å². The highest BCUT2D eigenvalue weighted by Gasteiger charge is 2.07. The summed E-state index contributed by atoms with van der Waals surface area (Å²) in [4.78, 5) is 15.9. The van der Waals surface area contributed by atoms with Crippen molar-refractivity contribution in [3.8, 4) is 5.75 Å². The molecule has 1 aromatic heterocycles. The molecule has 0 aliphatic carbocycles. The van der Waals surface area contributed by atoms with Gasteiger partial charge >= 0.3 is 0 Å². The van der Waals surface area contributed by atoms with Crippen LogP contribution in [-0.2, 0) is 4.79 Å². The van der Waals surface area contributed by atoms with Crippen molar-refractivity contribution in [2.75, 3.05) is 11.9 Å². The maximum absolute atomic E-state index is 13.2. The van der Waals surface area contributed by atoms with E-state index in [0.717, 1.165) is 0 Å². The topological polar surface area (TPSA) is 51.2 Å². The Bertz CT molecular complexity index is 642. The van der Waals surface area contributed by atoms with Crippen LogP contribution in [0.15, 0.2) is 48.7 Å². The van der Waals surface area contributed by atoms with Crippen LogP contribution >= 0.6 is 0 Å². The molecule has 0 unspecified atom stereocenters. The van der Waals surface area contributed by atoms with Crippen LogP contribution in [0.4, 0.5) is 10.1 Å². The van der Waals surface area contributed by atoms with Gasteiger partial charge in [0.25, 0.3) is 0 Å². The van der Waals surface area contributed by atoms with Gasteiger partial charge < -0.3 is 10.1 Å². The minimum absolute atomic E-state index is 0.303. The standard InChI is InChI=1S/C16H15FN2O2/c1-2-21-15-11-12(17)6-8-14(15)19-16(20)9-7-13-5-3-4-10-18-13/h3-11H,2H2,1H3,(H,19,20)/b9-7+. The van der Waals surface area contributed by atoms with Crippen molar-refractivity contribution in [2.45, 2.75) is 6.92 Å². The highest BCUT2D eigenvalue weighted by Crippen LogP contribution is 2.25. The summed E-state index contributed by atoms with van der Waals surface area (Å²) in [5.74, 6) is -0.453. The number of hydrogen-bond acceptors (Lipinski definition) is 3. The number of nitrogens with zero attached hydrogens (tertiary/aromatic N) is 1. The summed E-state index contributed by atoms with van der Waals surface area (Å²) in [6.45, 7) is 2.17. The van der Waals surface area contributed by atoms with E-state index >= 15 is 0 Å². The molecule has 0 fully saturated rings. The Balaban J connectivity index is 2.07. The van der Waals surface area contributed by atoms with Crippen LogP contribution in [0.1, 0.15) is 12.6 Å². The van der Waals surface area contributed by atoms with Crippen LogP contribution in [0.2, 0.25) is 0 Å². The van der Waals surface area contributed by atoms with E-state index in [1.54, 1.807) is 31.3 Å². The minimum Gasteiger partial charge on any atom is -0.492 e. The number of amides is 1. The smallest absolute Gasteiger partial charge is 0.248 e. The van der Waals surface area contributed by atoms with E-state index in [4.69, 9.17) is 4.74 Å². The first-order valence-electron chi connectivity index (χ1n) is 6.51. The zero-order valence-electron chi connectivity index (χ0n) is 11.5. The first kappa shape index (κ1) is 14.7. The van der Waals surface area contributed by atoms with Gasteiger partial charge in [0.05, 0.1) is 18.0 Å². The Kier molecular flexibility index (Phi) is 5.04. The third-order valence-corrected chi connectivity index (χ3v) is 2.59. The Morgan fingerprint density at radius 3 is 2.95 bits per heavy atom. The summed E-state index contributed by atoms with van der Waals surface area (Å²) in [6, 6.07) is 9.38. The van der Waals surface area contributed by atoms with Gasteiger partial charge in [-0.25, -0.2) is 4.39 Å². The molecule has 21 heavy (non-hydrogen) atoms. The molecule has 108 valence electrons. The van der Waals surface area contributed by atoms with Crippen molar-refractivity contribution >= 4 is 17.7 Å². The van der Waals surface area contributed by atoms with Crippen molar-refractivity contribution in [1.29, 1.82) is 0 Å². The van der Waals surface area contributed by atoms with E-state index in [-0.39, 0.29) is 5.91 Å². The van der Waals surface area contributed by atoms with Crippen LogP contribution < -0.4 is 10.1 Å². The van der Waals surface area contributed by atoms with Crippen molar-refractivity contribution in [1.82, 2.24) is 4.98 Å². The first-order chi connectivity index (χ1) is 10.2. The summed E-state index contributed by atoms with van der Waals surface area (Å²) in [5.41, 5.74) is 1.10. The number of hydrogen-bond donors (Lipinski definition) is 1. The molecule has 0 saturated heterocycles. The lowest BCUT2D eigenvalue weighted by atomic mass is 10.2. The molecule has 0 atom stereocenters. The van der Waals surface area contributed by atoms with E-state index in [9.17, 15) is 9.18 Å². The van der Waals surface area contributed by atoms with Crippen LogP contribution in [-0.4, -0.2) is 17.5 Å². The second kappa shape index (κ2) is 7.19. The molecular weight excluding hydrogens is 271 g/mol. The second-order valence-electron chi connectivity index (χ2n) is 4.15. The maximum atomic E-state index is 13.2. The number of carbonyl (C=O) groups excluding carboxylic acids is 1.